The smallest absolute Gasteiger partial charge is 0.191 e. The Labute approximate surface area is 131 Å². The summed E-state index contributed by atoms with van der Waals surface area (Å²) < 4.78 is 0. The lowest BCUT2D eigenvalue weighted by atomic mass is 10.1. The first-order valence-electron chi connectivity index (χ1n) is 6.11. The Hall–Kier alpha value is -0.300. The molecule has 3 nitrogen and oxygen atoms in total. The maximum absolute atomic E-state index is 4.21. The number of hydrogen-bond donors (Lipinski definition) is 2. The molecule has 5 heteroatoms. The van der Waals surface area contributed by atoms with Gasteiger partial charge in [-0.25, -0.2) is 0 Å². The van der Waals surface area contributed by atoms with Gasteiger partial charge in [-0.1, -0.05) is 13.8 Å². The van der Waals surface area contributed by atoms with Crippen LogP contribution in [0.3, 0.4) is 0 Å². The molecule has 18 heavy (non-hydrogen) atoms. The van der Waals surface area contributed by atoms with Crippen molar-refractivity contribution in [1.82, 2.24) is 10.6 Å². The van der Waals surface area contributed by atoms with Crippen LogP contribution in [0, 0.1) is 12.8 Å². The molecule has 1 rings (SSSR count). The van der Waals surface area contributed by atoms with Gasteiger partial charge in [-0.3, -0.25) is 4.99 Å². The van der Waals surface area contributed by atoms with Crippen LogP contribution in [0.2, 0.25) is 0 Å². The average molecular weight is 381 g/mol. The van der Waals surface area contributed by atoms with E-state index < -0.39 is 0 Å². The average Bonchev–Trinajstić information content (AvgIpc) is 2.68. The fourth-order valence-corrected chi connectivity index (χ4v) is 2.29. The summed E-state index contributed by atoms with van der Waals surface area (Å²) in [4.78, 5) is 5.59. The van der Waals surface area contributed by atoms with Crippen LogP contribution in [0.15, 0.2) is 16.4 Å². The van der Waals surface area contributed by atoms with Crippen molar-refractivity contribution in [3.63, 3.8) is 0 Å². The van der Waals surface area contributed by atoms with Crippen molar-refractivity contribution in [3.05, 3.63) is 21.9 Å². The topological polar surface area (TPSA) is 36.4 Å². The normalized spacial score (nSPS) is 11.3. The van der Waals surface area contributed by atoms with Gasteiger partial charge < -0.3 is 10.6 Å². The molecule has 104 valence electrons. The van der Waals surface area contributed by atoms with Crippen molar-refractivity contribution in [2.45, 2.75) is 33.7 Å². The highest BCUT2D eigenvalue weighted by Crippen LogP contribution is 2.14. The quantitative estimate of drug-likeness (QED) is 0.466. The Kier molecular flexibility index (Phi) is 9.45. The summed E-state index contributed by atoms with van der Waals surface area (Å²) in [6.45, 7) is 8.42. The van der Waals surface area contributed by atoms with Crippen LogP contribution in [0.1, 0.15) is 30.7 Å². The molecule has 0 unspecified atom stereocenters. The predicted octanol–water partition coefficient (Wildman–Crippen LogP) is 3.39. The monoisotopic (exact) mass is 381 g/mol. The number of thiophene rings is 1. The zero-order chi connectivity index (χ0) is 12.7. The summed E-state index contributed by atoms with van der Waals surface area (Å²) in [6, 6.07) is 2.15. The van der Waals surface area contributed by atoms with E-state index in [-0.39, 0.29) is 24.0 Å². The van der Waals surface area contributed by atoms with E-state index in [9.17, 15) is 0 Å². The molecule has 0 saturated carbocycles. The number of hydrogen-bond acceptors (Lipinski definition) is 2. The van der Waals surface area contributed by atoms with E-state index in [1.807, 2.05) is 7.05 Å². The molecule has 0 bridgehead atoms. The van der Waals surface area contributed by atoms with Crippen LogP contribution in [-0.4, -0.2) is 19.6 Å². The van der Waals surface area contributed by atoms with Gasteiger partial charge in [-0.05, 0) is 36.3 Å². The van der Waals surface area contributed by atoms with Gasteiger partial charge in [-0.2, -0.15) is 0 Å². The summed E-state index contributed by atoms with van der Waals surface area (Å²) in [5.74, 6) is 1.61. The largest absolute Gasteiger partial charge is 0.356 e. The molecular weight excluding hydrogens is 357 g/mol. The van der Waals surface area contributed by atoms with Gasteiger partial charge in [0.15, 0.2) is 5.96 Å². The van der Waals surface area contributed by atoms with E-state index in [0.717, 1.165) is 25.0 Å². The fourth-order valence-electron chi connectivity index (χ4n) is 1.45. The van der Waals surface area contributed by atoms with Gasteiger partial charge in [0.25, 0.3) is 0 Å². The van der Waals surface area contributed by atoms with E-state index >= 15 is 0 Å². The second-order valence-electron chi connectivity index (χ2n) is 4.56. The summed E-state index contributed by atoms with van der Waals surface area (Å²) in [7, 11) is 1.81. The first kappa shape index (κ1) is 17.7. The van der Waals surface area contributed by atoms with E-state index in [1.165, 1.54) is 16.9 Å². The molecule has 0 fully saturated rings. The lowest BCUT2D eigenvalue weighted by Gasteiger charge is -2.12. The fraction of sp³-hybridized carbons (Fsp3) is 0.615. The molecule has 1 heterocycles. The highest BCUT2D eigenvalue weighted by Gasteiger charge is 2.02. The summed E-state index contributed by atoms with van der Waals surface area (Å²) in [5.41, 5.74) is 1.35. The minimum absolute atomic E-state index is 0. The Balaban J connectivity index is 0.00000289. The number of guanidine groups is 1. The zero-order valence-electron chi connectivity index (χ0n) is 11.6. The van der Waals surface area contributed by atoms with Crippen LogP contribution in [0.5, 0.6) is 0 Å². The maximum Gasteiger partial charge on any atom is 0.191 e. The molecule has 2 N–H and O–H groups in total. The van der Waals surface area contributed by atoms with Crippen LogP contribution >= 0.6 is 35.3 Å². The zero-order valence-corrected chi connectivity index (χ0v) is 14.8. The summed E-state index contributed by atoms with van der Waals surface area (Å²) in [5, 5.41) is 8.79. The van der Waals surface area contributed by atoms with Gasteiger partial charge in [-0.15, -0.1) is 35.3 Å². The number of halogens is 1. The molecule has 0 saturated heterocycles. The first-order chi connectivity index (χ1) is 8.13. The number of aliphatic imine (C=N–C) groups is 1. The van der Waals surface area contributed by atoms with Crippen LogP contribution in [0.25, 0.3) is 0 Å². The van der Waals surface area contributed by atoms with E-state index in [0.29, 0.717) is 0 Å². The lowest BCUT2D eigenvalue weighted by molar-refractivity contribution is 0.573. The Bertz CT molecular complexity index is 361. The molecule has 0 atom stereocenters. The summed E-state index contributed by atoms with van der Waals surface area (Å²) >= 11 is 1.79. The van der Waals surface area contributed by atoms with Crippen LogP contribution < -0.4 is 10.6 Å². The van der Waals surface area contributed by atoms with Gasteiger partial charge in [0.1, 0.15) is 0 Å². The standard InChI is InChI=1S/C13H23N3S.HI/c1-10(2)5-7-15-13(14-4)16-9-12-11(3)6-8-17-12;/h6,8,10H,5,7,9H2,1-4H3,(H2,14,15,16);1H. The van der Waals surface area contributed by atoms with Gasteiger partial charge in [0.2, 0.25) is 0 Å². The Morgan fingerprint density at radius 1 is 1.39 bits per heavy atom. The highest BCUT2D eigenvalue weighted by molar-refractivity contribution is 14.0. The molecule has 0 aliphatic rings. The van der Waals surface area contributed by atoms with Gasteiger partial charge >= 0.3 is 0 Å². The van der Waals surface area contributed by atoms with Crippen molar-refractivity contribution in [3.8, 4) is 0 Å². The van der Waals surface area contributed by atoms with Crippen molar-refractivity contribution in [2.75, 3.05) is 13.6 Å². The predicted molar refractivity (Wildman–Crippen MR) is 92.1 cm³/mol. The minimum atomic E-state index is 0. The highest BCUT2D eigenvalue weighted by atomic mass is 127. The SMILES string of the molecule is CN=C(NCCC(C)C)NCc1sccc1C.I. The number of rotatable bonds is 5. The molecule has 0 radical (unpaired) electrons. The molecule has 0 spiro atoms. The first-order valence-corrected chi connectivity index (χ1v) is 6.99. The van der Waals surface area contributed by atoms with Crippen LogP contribution in [0.4, 0.5) is 0 Å². The second-order valence-corrected chi connectivity index (χ2v) is 5.56. The van der Waals surface area contributed by atoms with Gasteiger partial charge in [0.05, 0.1) is 6.54 Å². The third-order valence-electron chi connectivity index (χ3n) is 2.62. The van der Waals surface area contributed by atoms with Crippen molar-refractivity contribution in [1.29, 1.82) is 0 Å². The maximum atomic E-state index is 4.21. The van der Waals surface area contributed by atoms with E-state index in [4.69, 9.17) is 0 Å². The lowest BCUT2D eigenvalue weighted by Crippen LogP contribution is -2.37. The molecule has 0 aliphatic heterocycles. The minimum Gasteiger partial charge on any atom is -0.356 e. The second kappa shape index (κ2) is 9.61. The number of aryl methyl sites for hydroxylation is 1. The molecule has 0 aromatic carbocycles. The number of nitrogens with one attached hydrogen (secondary N) is 2. The Morgan fingerprint density at radius 2 is 2.11 bits per heavy atom. The third kappa shape index (κ3) is 6.58. The summed E-state index contributed by atoms with van der Waals surface area (Å²) in [6.07, 6.45) is 1.17. The molecule has 1 aromatic rings. The Morgan fingerprint density at radius 3 is 2.61 bits per heavy atom. The van der Waals surface area contributed by atoms with E-state index in [1.54, 1.807) is 11.3 Å². The molecule has 1 aromatic heterocycles. The van der Waals surface area contributed by atoms with Crippen molar-refractivity contribution < 1.29 is 0 Å². The third-order valence-corrected chi connectivity index (χ3v) is 3.65. The van der Waals surface area contributed by atoms with Crippen molar-refractivity contribution in [2.24, 2.45) is 10.9 Å². The van der Waals surface area contributed by atoms with Crippen LogP contribution in [-0.2, 0) is 6.54 Å². The molecule has 0 aliphatic carbocycles. The molecule has 0 amide bonds. The van der Waals surface area contributed by atoms with E-state index in [2.05, 4.69) is 47.8 Å². The van der Waals surface area contributed by atoms with Crippen molar-refractivity contribution >= 4 is 41.3 Å². The number of nitrogens with zero attached hydrogens (tertiary/aromatic N) is 1. The molecular formula is C13H24IN3S. The van der Waals surface area contributed by atoms with Gasteiger partial charge in [0, 0.05) is 18.5 Å².